The van der Waals surface area contributed by atoms with Crippen molar-refractivity contribution in [2.75, 3.05) is 38.6 Å². The molecule has 8 heteroatoms. The summed E-state index contributed by atoms with van der Waals surface area (Å²) < 4.78 is 5.16. The van der Waals surface area contributed by atoms with Gasteiger partial charge in [-0.15, -0.1) is 11.3 Å². The SMILES string of the molecule is COc1cccc(C(=O)N2CCN(C(=O)Nc3ncc(C)s3)CC2)c1. The van der Waals surface area contributed by atoms with Gasteiger partial charge in [0.2, 0.25) is 0 Å². The van der Waals surface area contributed by atoms with Crippen molar-refractivity contribution in [1.82, 2.24) is 14.8 Å². The number of amides is 3. The van der Waals surface area contributed by atoms with Crippen molar-refractivity contribution in [2.45, 2.75) is 6.92 Å². The Balaban J connectivity index is 1.55. The lowest BCUT2D eigenvalue weighted by molar-refractivity contribution is 0.0671. The molecule has 0 spiro atoms. The van der Waals surface area contributed by atoms with Crippen LogP contribution in [0.4, 0.5) is 9.93 Å². The zero-order valence-electron chi connectivity index (χ0n) is 14.2. The van der Waals surface area contributed by atoms with Crippen LogP contribution >= 0.6 is 11.3 Å². The number of nitrogens with one attached hydrogen (secondary N) is 1. The standard InChI is InChI=1S/C17H20N4O3S/c1-12-11-18-16(25-12)19-17(23)21-8-6-20(7-9-21)15(22)13-4-3-5-14(10-13)24-2/h3-5,10-11H,6-9H2,1-2H3,(H,18,19,23). The number of thiazole rings is 1. The Morgan fingerprint density at radius 1 is 1.20 bits per heavy atom. The van der Waals surface area contributed by atoms with Crippen LogP contribution < -0.4 is 10.1 Å². The highest BCUT2D eigenvalue weighted by molar-refractivity contribution is 7.15. The predicted molar refractivity (Wildman–Crippen MR) is 96.3 cm³/mol. The van der Waals surface area contributed by atoms with Crippen LogP contribution in [0.1, 0.15) is 15.2 Å². The van der Waals surface area contributed by atoms with E-state index in [0.29, 0.717) is 42.6 Å². The molecule has 1 N–H and O–H groups in total. The molecule has 0 saturated carbocycles. The second-order valence-corrected chi connectivity index (χ2v) is 6.95. The van der Waals surface area contributed by atoms with Gasteiger partial charge in [0, 0.05) is 42.8 Å². The highest BCUT2D eigenvalue weighted by atomic mass is 32.1. The first-order chi connectivity index (χ1) is 12.1. The van der Waals surface area contributed by atoms with Gasteiger partial charge in [0.15, 0.2) is 5.13 Å². The number of nitrogens with zero attached hydrogens (tertiary/aromatic N) is 3. The van der Waals surface area contributed by atoms with E-state index >= 15 is 0 Å². The quantitative estimate of drug-likeness (QED) is 0.912. The first-order valence-electron chi connectivity index (χ1n) is 7.98. The lowest BCUT2D eigenvalue weighted by Crippen LogP contribution is -2.51. The highest BCUT2D eigenvalue weighted by Crippen LogP contribution is 2.18. The molecule has 1 fully saturated rings. The van der Waals surface area contributed by atoms with Crippen molar-refractivity contribution in [3.05, 3.63) is 40.9 Å². The summed E-state index contributed by atoms with van der Waals surface area (Å²) in [5.41, 5.74) is 0.593. The highest BCUT2D eigenvalue weighted by Gasteiger charge is 2.25. The van der Waals surface area contributed by atoms with Crippen LogP contribution in [0.2, 0.25) is 0 Å². The smallest absolute Gasteiger partial charge is 0.323 e. The van der Waals surface area contributed by atoms with E-state index in [1.54, 1.807) is 47.4 Å². The molecule has 2 aromatic rings. The van der Waals surface area contributed by atoms with Crippen molar-refractivity contribution in [3.8, 4) is 5.75 Å². The molecule has 0 bridgehead atoms. The molecule has 2 heterocycles. The Labute approximate surface area is 150 Å². The molecule has 3 rings (SSSR count). The third-order valence-electron chi connectivity index (χ3n) is 4.01. The van der Waals surface area contributed by atoms with E-state index in [1.807, 2.05) is 6.92 Å². The summed E-state index contributed by atoms with van der Waals surface area (Å²) in [5.74, 6) is 0.608. The number of hydrogen-bond donors (Lipinski definition) is 1. The number of methoxy groups -OCH3 is 1. The van der Waals surface area contributed by atoms with Crippen molar-refractivity contribution in [3.63, 3.8) is 0 Å². The molecule has 132 valence electrons. The van der Waals surface area contributed by atoms with Crippen LogP contribution in [0, 0.1) is 6.92 Å². The number of benzene rings is 1. The summed E-state index contributed by atoms with van der Waals surface area (Å²) >= 11 is 1.44. The Hall–Kier alpha value is -2.61. The normalized spacial score (nSPS) is 14.3. The zero-order chi connectivity index (χ0) is 17.8. The Bertz CT molecular complexity index is 769. The number of aryl methyl sites for hydroxylation is 1. The fourth-order valence-corrected chi connectivity index (χ4v) is 3.29. The second kappa shape index (κ2) is 7.52. The van der Waals surface area contributed by atoms with Gasteiger partial charge in [-0.25, -0.2) is 9.78 Å². The second-order valence-electron chi connectivity index (χ2n) is 5.72. The molecular formula is C17H20N4O3S. The summed E-state index contributed by atoms with van der Waals surface area (Å²) in [6, 6.07) is 6.93. The molecule has 1 aromatic heterocycles. The average Bonchev–Trinajstić information content (AvgIpc) is 3.06. The third-order valence-corrected chi connectivity index (χ3v) is 4.83. The Morgan fingerprint density at radius 3 is 2.56 bits per heavy atom. The number of carbonyl (C=O) groups is 2. The maximum Gasteiger partial charge on any atom is 0.323 e. The van der Waals surface area contributed by atoms with Crippen molar-refractivity contribution in [2.24, 2.45) is 0 Å². The van der Waals surface area contributed by atoms with E-state index in [1.165, 1.54) is 11.3 Å². The van der Waals surface area contributed by atoms with Crippen LogP contribution in [0.5, 0.6) is 5.75 Å². The maximum absolute atomic E-state index is 12.6. The summed E-state index contributed by atoms with van der Waals surface area (Å²) in [6.07, 6.45) is 1.73. The third kappa shape index (κ3) is 4.08. The van der Waals surface area contributed by atoms with Gasteiger partial charge < -0.3 is 14.5 Å². The number of piperazine rings is 1. The minimum Gasteiger partial charge on any atom is -0.497 e. The van der Waals surface area contributed by atoms with E-state index in [2.05, 4.69) is 10.3 Å². The number of aromatic nitrogens is 1. The van der Waals surface area contributed by atoms with Crippen LogP contribution in [-0.4, -0.2) is 60.0 Å². The summed E-state index contributed by atoms with van der Waals surface area (Å²) in [5, 5.41) is 3.39. The molecular weight excluding hydrogens is 340 g/mol. The van der Waals surface area contributed by atoms with Gasteiger partial charge in [-0.3, -0.25) is 10.1 Å². The van der Waals surface area contributed by atoms with Gasteiger partial charge in [0.1, 0.15) is 5.75 Å². The molecule has 1 aliphatic heterocycles. The summed E-state index contributed by atoms with van der Waals surface area (Å²) in [4.78, 5) is 33.5. The monoisotopic (exact) mass is 360 g/mol. The zero-order valence-corrected chi connectivity index (χ0v) is 15.0. The Kier molecular flexibility index (Phi) is 5.18. The van der Waals surface area contributed by atoms with Gasteiger partial charge in [-0.05, 0) is 25.1 Å². The number of anilines is 1. The number of rotatable bonds is 3. The molecule has 25 heavy (non-hydrogen) atoms. The van der Waals surface area contributed by atoms with Crippen LogP contribution in [0.25, 0.3) is 0 Å². The van der Waals surface area contributed by atoms with E-state index in [-0.39, 0.29) is 11.9 Å². The molecule has 7 nitrogen and oxygen atoms in total. The van der Waals surface area contributed by atoms with E-state index in [0.717, 1.165) is 4.88 Å². The maximum atomic E-state index is 12.6. The molecule has 1 saturated heterocycles. The van der Waals surface area contributed by atoms with E-state index in [9.17, 15) is 9.59 Å². The molecule has 3 amide bonds. The number of urea groups is 1. The van der Waals surface area contributed by atoms with Crippen molar-refractivity contribution < 1.29 is 14.3 Å². The van der Waals surface area contributed by atoms with E-state index < -0.39 is 0 Å². The molecule has 1 aliphatic rings. The molecule has 0 aliphatic carbocycles. The van der Waals surface area contributed by atoms with Crippen molar-refractivity contribution >= 4 is 28.4 Å². The minimum atomic E-state index is -0.178. The van der Waals surface area contributed by atoms with Crippen LogP contribution in [0.3, 0.4) is 0 Å². The number of hydrogen-bond acceptors (Lipinski definition) is 5. The molecule has 0 atom stereocenters. The van der Waals surface area contributed by atoms with Gasteiger partial charge in [-0.1, -0.05) is 6.07 Å². The van der Waals surface area contributed by atoms with Gasteiger partial charge >= 0.3 is 6.03 Å². The minimum absolute atomic E-state index is 0.0468. The first-order valence-corrected chi connectivity index (χ1v) is 8.80. The van der Waals surface area contributed by atoms with Gasteiger partial charge in [0.25, 0.3) is 5.91 Å². The van der Waals surface area contributed by atoms with Gasteiger partial charge in [-0.2, -0.15) is 0 Å². The van der Waals surface area contributed by atoms with Gasteiger partial charge in [0.05, 0.1) is 7.11 Å². The predicted octanol–water partition coefficient (Wildman–Crippen LogP) is 2.45. The molecule has 0 radical (unpaired) electrons. The fourth-order valence-electron chi connectivity index (χ4n) is 2.63. The van der Waals surface area contributed by atoms with E-state index in [4.69, 9.17) is 4.74 Å². The number of ether oxygens (including phenoxy) is 1. The Morgan fingerprint density at radius 2 is 1.92 bits per heavy atom. The average molecular weight is 360 g/mol. The summed E-state index contributed by atoms with van der Waals surface area (Å²) in [7, 11) is 1.57. The van der Waals surface area contributed by atoms with Crippen LogP contribution in [-0.2, 0) is 0 Å². The van der Waals surface area contributed by atoms with Crippen LogP contribution in [0.15, 0.2) is 30.5 Å². The molecule has 0 unspecified atom stereocenters. The lowest BCUT2D eigenvalue weighted by Gasteiger charge is -2.34. The largest absolute Gasteiger partial charge is 0.497 e. The van der Waals surface area contributed by atoms with Crippen molar-refractivity contribution in [1.29, 1.82) is 0 Å². The number of carbonyl (C=O) groups excluding carboxylic acids is 2. The lowest BCUT2D eigenvalue weighted by atomic mass is 10.1. The molecule has 1 aromatic carbocycles. The summed E-state index contributed by atoms with van der Waals surface area (Å²) in [6.45, 7) is 3.93. The first kappa shape index (κ1) is 17.2. The fraction of sp³-hybridized carbons (Fsp3) is 0.353. The topological polar surface area (TPSA) is 74.8 Å².